The van der Waals surface area contributed by atoms with Gasteiger partial charge in [0.25, 0.3) is 0 Å². The molecule has 112 valence electrons. The minimum Gasteiger partial charge on any atom is -0.486 e. The van der Waals surface area contributed by atoms with Gasteiger partial charge in [0, 0.05) is 6.54 Å². The highest BCUT2D eigenvalue weighted by molar-refractivity contribution is 6.34. The van der Waals surface area contributed by atoms with E-state index in [1.165, 1.54) is 0 Å². The first-order valence-electron chi connectivity index (χ1n) is 6.43. The minimum absolute atomic E-state index is 0.137. The van der Waals surface area contributed by atoms with Crippen LogP contribution in [0.1, 0.15) is 23.9 Å². The van der Waals surface area contributed by atoms with E-state index in [-0.39, 0.29) is 12.4 Å². The summed E-state index contributed by atoms with van der Waals surface area (Å²) in [6.07, 6.45) is 0. The van der Waals surface area contributed by atoms with E-state index in [4.69, 9.17) is 39.1 Å². The zero-order valence-corrected chi connectivity index (χ0v) is 13.3. The first kappa shape index (κ1) is 15.7. The summed E-state index contributed by atoms with van der Waals surface area (Å²) < 4.78 is 7.54. The highest BCUT2D eigenvalue weighted by Gasteiger charge is 2.16. The lowest BCUT2D eigenvalue weighted by Crippen LogP contribution is -2.14. The molecule has 0 spiro atoms. The molecule has 21 heavy (non-hydrogen) atoms. The molecule has 3 N–H and O–H groups in total. The largest absolute Gasteiger partial charge is 0.486 e. The maximum atomic E-state index is 7.59. The van der Waals surface area contributed by atoms with Gasteiger partial charge in [0.15, 0.2) is 0 Å². The first-order chi connectivity index (χ1) is 9.95. The fourth-order valence-electron chi connectivity index (χ4n) is 2.04. The molecule has 2 aromatic rings. The lowest BCUT2D eigenvalue weighted by atomic mass is 10.2. The molecule has 1 aromatic carbocycles. The Labute approximate surface area is 133 Å². The highest BCUT2D eigenvalue weighted by atomic mass is 35.5. The Morgan fingerprint density at radius 2 is 2.14 bits per heavy atom. The van der Waals surface area contributed by atoms with Crippen molar-refractivity contribution in [2.45, 2.75) is 27.0 Å². The number of aryl methyl sites for hydroxylation is 2. The molecule has 0 atom stereocenters. The van der Waals surface area contributed by atoms with Crippen molar-refractivity contribution >= 4 is 29.0 Å². The van der Waals surface area contributed by atoms with E-state index in [9.17, 15) is 0 Å². The topological polar surface area (TPSA) is 76.9 Å². The summed E-state index contributed by atoms with van der Waals surface area (Å²) in [5.41, 5.74) is 7.48. The predicted octanol–water partition coefficient (Wildman–Crippen LogP) is 3.38. The molecule has 1 heterocycles. The van der Waals surface area contributed by atoms with Crippen molar-refractivity contribution in [2.24, 2.45) is 5.73 Å². The number of benzene rings is 1. The minimum atomic E-state index is -0.137. The molecule has 0 radical (unpaired) electrons. The van der Waals surface area contributed by atoms with Gasteiger partial charge in [-0.15, -0.1) is 0 Å². The number of nitrogens with two attached hydrogens (primary N) is 1. The van der Waals surface area contributed by atoms with E-state index in [0.717, 1.165) is 11.4 Å². The molecular weight excluding hydrogens is 311 g/mol. The SMILES string of the molecule is CCn1nc(C)c(Cl)c1COc1cccc(Cl)c1C(=N)N. The highest BCUT2D eigenvalue weighted by Crippen LogP contribution is 2.28. The van der Waals surface area contributed by atoms with E-state index >= 15 is 0 Å². The summed E-state index contributed by atoms with van der Waals surface area (Å²) in [6, 6.07) is 5.13. The quantitative estimate of drug-likeness (QED) is 0.653. The van der Waals surface area contributed by atoms with Crippen molar-refractivity contribution in [3.63, 3.8) is 0 Å². The molecule has 0 fully saturated rings. The zero-order chi connectivity index (χ0) is 15.6. The Hall–Kier alpha value is -1.72. The monoisotopic (exact) mass is 326 g/mol. The molecule has 0 aliphatic heterocycles. The van der Waals surface area contributed by atoms with Gasteiger partial charge in [-0.3, -0.25) is 10.1 Å². The molecule has 7 heteroatoms. The van der Waals surface area contributed by atoms with Crippen LogP contribution in [0, 0.1) is 12.3 Å². The Morgan fingerprint density at radius 1 is 1.43 bits per heavy atom. The summed E-state index contributed by atoms with van der Waals surface area (Å²) in [7, 11) is 0. The van der Waals surface area contributed by atoms with Gasteiger partial charge >= 0.3 is 0 Å². The molecule has 5 nitrogen and oxygen atoms in total. The lowest BCUT2D eigenvalue weighted by Gasteiger charge is -2.12. The standard InChI is InChI=1S/C14H16Cl2N4O/c1-3-20-10(13(16)8(2)19-20)7-21-11-6-4-5-9(15)12(11)14(17)18/h4-6H,3,7H2,1-2H3,(H3,17,18). The molecule has 2 rings (SSSR count). The Kier molecular flexibility index (Phi) is 4.75. The van der Waals surface area contributed by atoms with Gasteiger partial charge in [-0.1, -0.05) is 29.3 Å². The number of ether oxygens (including phenoxy) is 1. The number of nitrogens with one attached hydrogen (secondary N) is 1. The number of nitrogens with zero attached hydrogens (tertiary/aromatic N) is 2. The van der Waals surface area contributed by atoms with Crippen molar-refractivity contribution in [1.29, 1.82) is 5.41 Å². The van der Waals surface area contributed by atoms with Crippen LogP contribution in [-0.2, 0) is 13.2 Å². The molecule has 0 bridgehead atoms. The van der Waals surface area contributed by atoms with E-state index in [1.807, 2.05) is 13.8 Å². The van der Waals surface area contributed by atoms with Crippen LogP contribution in [0.4, 0.5) is 0 Å². The van der Waals surface area contributed by atoms with Crippen LogP contribution in [0.5, 0.6) is 5.75 Å². The van der Waals surface area contributed by atoms with Crippen LogP contribution in [0.2, 0.25) is 10.0 Å². The van der Waals surface area contributed by atoms with Gasteiger partial charge in [0.1, 0.15) is 18.2 Å². The average Bonchev–Trinajstić information content (AvgIpc) is 2.71. The first-order valence-corrected chi connectivity index (χ1v) is 7.18. The summed E-state index contributed by atoms with van der Waals surface area (Å²) in [5.74, 6) is 0.314. The molecule has 0 unspecified atom stereocenters. The van der Waals surface area contributed by atoms with E-state index in [1.54, 1.807) is 22.9 Å². The second-order valence-electron chi connectivity index (χ2n) is 4.48. The summed E-state index contributed by atoms with van der Waals surface area (Å²) in [6.45, 7) is 4.75. The molecule has 1 aromatic heterocycles. The van der Waals surface area contributed by atoms with E-state index in [0.29, 0.717) is 27.9 Å². The Bertz CT molecular complexity index is 682. The summed E-state index contributed by atoms with van der Waals surface area (Å²) in [4.78, 5) is 0. The van der Waals surface area contributed by atoms with Crippen LogP contribution in [-0.4, -0.2) is 15.6 Å². The lowest BCUT2D eigenvalue weighted by molar-refractivity contribution is 0.292. The number of halogens is 2. The maximum Gasteiger partial charge on any atom is 0.132 e. The van der Waals surface area contributed by atoms with E-state index < -0.39 is 0 Å². The molecule has 0 amide bonds. The number of hydrogen-bond donors (Lipinski definition) is 2. The van der Waals surface area contributed by atoms with Crippen molar-refractivity contribution in [3.8, 4) is 5.75 Å². The molecule has 0 aliphatic rings. The fourth-order valence-corrected chi connectivity index (χ4v) is 2.50. The third-order valence-corrected chi connectivity index (χ3v) is 3.87. The van der Waals surface area contributed by atoms with Crippen molar-refractivity contribution in [1.82, 2.24) is 9.78 Å². The normalized spacial score (nSPS) is 10.7. The van der Waals surface area contributed by atoms with Crippen molar-refractivity contribution in [2.75, 3.05) is 0 Å². The Morgan fingerprint density at radius 3 is 2.76 bits per heavy atom. The molecule has 0 saturated heterocycles. The second kappa shape index (κ2) is 6.37. The third-order valence-electron chi connectivity index (χ3n) is 3.06. The number of amidine groups is 1. The maximum absolute atomic E-state index is 7.59. The van der Waals surface area contributed by atoms with Gasteiger partial charge in [-0.05, 0) is 26.0 Å². The summed E-state index contributed by atoms with van der Waals surface area (Å²) >= 11 is 12.3. The van der Waals surface area contributed by atoms with Crippen molar-refractivity contribution < 1.29 is 4.74 Å². The van der Waals surface area contributed by atoms with Gasteiger partial charge in [0.2, 0.25) is 0 Å². The van der Waals surface area contributed by atoms with Gasteiger partial charge in [0.05, 0.1) is 27.0 Å². The second-order valence-corrected chi connectivity index (χ2v) is 5.26. The van der Waals surface area contributed by atoms with Crippen LogP contribution < -0.4 is 10.5 Å². The number of hydrogen-bond acceptors (Lipinski definition) is 3. The van der Waals surface area contributed by atoms with Crippen molar-refractivity contribution in [3.05, 3.63) is 45.2 Å². The third kappa shape index (κ3) is 3.14. The molecular formula is C14H16Cl2N4O. The molecule has 0 aliphatic carbocycles. The summed E-state index contributed by atoms with van der Waals surface area (Å²) in [5, 5.41) is 12.9. The van der Waals surface area contributed by atoms with Crippen LogP contribution >= 0.6 is 23.2 Å². The average molecular weight is 327 g/mol. The van der Waals surface area contributed by atoms with E-state index in [2.05, 4.69) is 5.10 Å². The van der Waals surface area contributed by atoms with Gasteiger partial charge in [-0.2, -0.15) is 5.10 Å². The van der Waals surface area contributed by atoms with Crippen LogP contribution in [0.15, 0.2) is 18.2 Å². The van der Waals surface area contributed by atoms with Gasteiger partial charge in [-0.25, -0.2) is 0 Å². The number of aromatic nitrogens is 2. The van der Waals surface area contributed by atoms with Crippen LogP contribution in [0.25, 0.3) is 0 Å². The number of nitrogen functional groups attached to an aromatic ring is 1. The smallest absolute Gasteiger partial charge is 0.132 e. The number of rotatable bonds is 5. The Balaban J connectivity index is 2.29. The van der Waals surface area contributed by atoms with Crippen LogP contribution in [0.3, 0.4) is 0 Å². The fraction of sp³-hybridized carbons (Fsp3) is 0.286. The zero-order valence-electron chi connectivity index (χ0n) is 11.8. The predicted molar refractivity (Wildman–Crippen MR) is 84.4 cm³/mol. The van der Waals surface area contributed by atoms with Gasteiger partial charge < -0.3 is 10.5 Å². The molecule has 0 saturated carbocycles.